The van der Waals surface area contributed by atoms with Crippen molar-refractivity contribution in [1.82, 2.24) is 0 Å². The van der Waals surface area contributed by atoms with Crippen molar-refractivity contribution in [3.63, 3.8) is 0 Å². The molecule has 2 fully saturated rings. The Balaban J connectivity index is 1.54. The van der Waals surface area contributed by atoms with E-state index in [9.17, 15) is 14.0 Å². The molecule has 5 atom stereocenters. The van der Waals surface area contributed by atoms with Gasteiger partial charge < -0.3 is 4.74 Å². The number of hydrogen-bond donors (Lipinski definition) is 0. The van der Waals surface area contributed by atoms with Gasteiger partial charge in [0.1, 0.15) is 18.5 Å². The number of carbonyl (C=O) groups is 2. The Morgan fingerprint density at radius 2 is 1.80 bits per heavy atom. The van der Waals surface area contributed by atoms with E-state index in [1.54, 1.807) is 13.0 Å². The van der Waals surface area contributed by atoms with Crippen LogP contribution in [0, 0.1) is 17.8 Å². The number of benzene rings is 2. The summed E-state index contributed by atoms with van der Waals surface area (Å²) in [4.78, 5) is 25.9. The zero-order valence-corrected chi connectivity index (χ0v) is 17.3. The van der Waals surface area contributed by atoms with Crippen LogP contribution in [0.5, 0.6) is 5.75 Å². The van der Waals surface area contributed by atoms with Crippen molar-refractivity contribution in [2.45, 2.75) is 51.0 Å². The fraction of sp³-hybridized carbons (Fsp3) is 0.462. The lowest BCUT2D eigenvalue weighted by atomic mass is 9.85. The Hall–Kier alpha value is -2.49. The lowest BCUT2D eigenvalue weighted by Gasteiger charge is -2.16. The molecule has 3 aliphatic rings. The molecule has 30 heavy (non-hydrogen) atoms. The molecule has 0 N–H and O–H groups in total. The lowest BCUT2D eigenvalue weighted by molar-refractivity contribution is 0.0971. The van der Waals surface area contributed by atoms with Crippen LogP contribution in [0.2, 0.25) is 0 Å². The number of fused-ring (bicyclic) bond motifs is 2. The van der Waals surface area contributed by atoms with Gasteiger partial charge in [-0.2, -0.15) is 0 Å². The van der Waals surface area contributed by atoms with E-state index in [-0.39, 0.29) is 17.5 Å². The predicted molar refractivity (Wildman–Crippen MR) is 113 cm³/mol. The van der Waals surface area contributed by atoms with E-state index in [0.717, 1.165) is 23.0 Å². The van der Waals surface area contributed by atoms with Gasteiger partial charge in [-0.3, -0.25) is 9.59 Å². The van der Waals surface area contributed by atoms with Gasteiger partial charge in [0, 0.05) is 24.0 Å². The first-order valence-electron chi connectivity index (χ1n) is 11.1. The predicted octanol–water partition coefficient (Wildman–Crippen LogP) is 5.76. The first-order valence-corrected chi connectivity index (χ1v) is 11.1. The number of halogens is 1. The van der Waals surface area contributed by atoms with Crippen LogP contribution < -0.4 is 4.74 Å². The molecular weight excluding hydrogens is 379 g/mol. The summed E-state index contributed by atoms with van der Waals surface area (Å²) in [5, 5.41) is 0. The minimum Gasteiger partial charge on any atom is -0.486 e. The molecule has 0 amide bonds. The fourth-order valence-electron chi connectivity index (χ4n) is 5.77. The molecule has 0 aromatic heterocycles. The van der Waals surface area contributed by atoms with Crippen LogP contribution in [0.3, 0.4) is 0 Å². The van der Waals surface area contributed by atoms with Gasteiger partial charge in [-0.15, -0.1) is 0 Å². The molecule has 4 heteroatoms. The minimum atomic E-state index is -0.682. The van der Waals surface area contributed by atoms with Crippen molar-refractivity contribution >= 4 is 11.6 Å². The number of alkyl halides is 1. The van der Waals surface area contributed by atoms with Gasteiger partial charge in [-0.25, -0.2) is 4.39 Å². The Kier molecular flexibility index (Phi) is 4.96. The normalized spacial score (nSPS) is 28.5. The Morgan fingerprint density at radius 1 is 1.07 bits per heavy atom. The Morgan fingerprint density at radius 3 is 2.47 bits per heavy atom. The fourth-order valence-corrected chi connectivity index (χ4v) is 5.77. The van der Waals surface area contributed by atoms with Gasteiger partial charge in [0.05, 0.1) is 11.5 Å². The van der Waals surface area contributed by atoms with Gasteiger partial charge in [-0.05, 0) is 48.3 Å². The highest BCUT2D eigenvalue weighted by molar-refractivity contribution is 6.04. The summed E-state index contributed by atoms with van der Waals surface area (Å²) in [6.07, 6.45) is 3.96. The minimum absolute atomic E-state index is 0.0736. The molecule has 3 nitrogen and oxygen atoms in total. The second kappa shape index (κ2) is 7.64. The third kappa shape index (κ3) is 3.17. The molecule has 1 unspecified atom stereocenters. The van der Waals surface area contributed by atoms with E-state index in [1.807, 2.05) is 36.4 Å². The molecule has 156 valence electrons. The van der Waals surface area contributed by atoms with Crippen molar-refractivity contribution in [3.8, 4) is 5.75 Å². The van der Waals surface area contributed by atoms with E-state index in [0.29, 0.717) is 35.6 Å². The van der Waals surface area contributed by atoms with Gasteiger partial charge in [0.2, 0.25) is 0 Å². The van der Waals surface area contributed by atoms with Gasteiger partial charge in [-0.1, -0.05) is 43.7 Å². The topological polar surface area (TPSA) is 43.4 Å². The highest BCUT2D eigenvalue weighted by Crippen LogP contribution is 2.59. The second-order valence-electron chi connectivity index (χ2n) is 8.97. The first kappa shape index (κ1) is 19.5. The molecule has 0 bridgehead atoms. The summed E-state index contributed by atoms with van der Waals surface area (Å²) in [6, 6.07) is 13.2. The molecule has 0 radical (unpaired) electrons. The SMILES string of the molecule is CCC(=O)c1cc(C(=O)CC2[C@H]3CCC[C@@H]23)cc2c1O[C@H](CF)[C@H]2c1ccccc1. The van der Waals surface area contributed by atoms with E-state index < -0.39 is 12.8 Å². The summed E-state index contributed by atoms with van der Waals surface area (Å²) in [6.45, 7) is 1.15. The van der Waals surface area contributed by atoms with Gasteiger partial charge in [0.15, 0.2) is 11.6 Å². The third-order valence-corrected chi connectivity index (χ3v) is 7.35. The summed E-state index contributed by atoms with van der Waals surface area (Å²) in [5.74, 6) is 2.10. The number of ether oxygens (including phenoxy) is 1. The van der Waals surface area contributed by atoms with Crippen LogP contribution in [0.1, 0.15) is 76.8 Å². The van der Waals surface area contributed by atoms with Crippen molar-refractivity contribution in [2.24, 2.45) is 17.8 Å². The van der Waals surface area contributed by atoms with E-state index in [4.69, 9.17) is 4.74 Å². The quantitative estimate of drug-likeness (QED) is 0.549. The van der Waals surface area contributed by atoms with Crippen LogP contribution in [-0.4, -0.2) is 24.3 Å². The molecular formula is C26H27FO3. The monoisotopic (exact) mass is 406 g/mol. The van der Waals surface area contributed by atoms with Crippen LogP contribution in [0.25, 0.3) is 0 Å². The standard InChI is InChI=1S/C26H27FO3/c1-2-22(28)20-11-16(23(29)13-19-17-9-6-10-18(17)19)12-21-25(15-7-4-3-5-8-15)24(14-27)30-26(20)21/h3-5,7-8,11-12,17-19,24-25H,2,6,9-10,13-14H2,1H3/t17-,18+,19?,24-,25+/m1/s1. The van der Waals surface area contributed by atoms with Crippen LogP contribution in [-0.2, 0) is 0 Å². The molecule has 2 aromatic carbocycles. The molecule has 5 rings (SSSR count). The lowest BCUT2D eigenvalue weighted by Crippen LogP contribution is -2.22. The summed E-state index contributed by atoms with van der Waals surface area (Å²) in [7, 11) is 0. The molecule has 2 aromatic rings. The molecule has 0 spiro atoms. The van der Waals surface area contributed by atoms with E-state index in [2.05, 4.69) is 0 Å². The maximum Gasteiger partial charge on any atom is 0.166 e. The smallest absolute Gasteiger partial charge is 0.166 e. The summed E-state index contributed by atoms with van der Waals surface area (Å²) < 4.78 is 19.9. The first-order chi connectivity index (χ1) is 14.6. The molecule has 0 saturated heterocycles. The molecule has 2 saturated carbocycles. The van der Waals surface area contributed by atoms with Crippen molar-refractivity contribution in [2.75, 3.05) is 6.67 Å². The molecule has 1 heterocycles. The van der Waals surface area contributed by atoms with E-state index >= 15 is 0 Å². The van der Waals surface area contributed by atoms with Crippen LogP contribution in [0.15, 0.2) is 42.5 Å². The van der Waals surface area contributed by atoms with Crippen LogP contribution in [0.4, 0.5) is 4.39 Å². The number of rotatable bonds is 7. The zero-order valence-electron chi connectivity index (χ0n) is 17.3. The van der Waals surface area contributed by atoms with Crippen LogP contribution >= 0.6 is 0 Å². The largest absolute Gasteiger partial charge is 0.486 e. The summed E-state index contributed by atoms with van der Waals surface area (Å²) in [5.41, 5.74) is 2.70. The average Bonchev–Trinajstić information content (AvgIpc) is 3.14. The average molecular weight is 406 g/mol. The maximum atomic E-state index is 13.9. The van der Waals surface area contributed by atoms with Crippen molar-refractivity contribution in [3.05, 3.63) is 64.7 Å². The molecule has 1 aliphatic heterocycles. The summed E-state index contributed by atoms with van der Waals surface area (Å²) >= 11 is 0. The van der Waals surface area contributed by atoms with E-state index in [1.165, 1.54) is 19.3 Å². The Labute approximate surface area is 176 Å². The third-order valence-electron chi connectivity index (χ3n) is 7.35. The number of carbonyl (C=O) groups excluding carboxylic acids is 2. The second-order valence-corrected chi connectivity index (χ2v) is 8.97. The number of Topliss-reactive ketones (excluding diaryl/α,β-unsaturated/α-hetero) is 2. The van der Waals surface area contributed by atoms with Crippen molar-refractivity contribution < 1.29 is 18.7 Å². The maximum absolute atomic E-state index is 13.9. The number of hydrogen-bond acceptors (Lipinski definition) is 3. The zero-order chi connectivity index (χ0) is 20.8. The number of ketones is 2. The highest BCUT2D eigenvalue weighted by Gasteiger charge is 2.52. The van der Waals surface area contributed by atoms with Gasteiger partial charge >= 0.3 is 0 Å². The van der Waals surface area contributed by atoms with Gasteiger partial charge in [0.25, 0.3) is 0 Å². The highest BCUT2D eigenvalue weighted by atomic mass is 19.1. The Bertz CT molecular complexity index is 973. The van der Waals surface area contributed by atoms with Crippen molar-refractivity contribution in [1.29, 1.82) is 0 Å². The molecule has 2 aliphatic carbocycles.